The smallest absolute Gasteiger partial charge is 0.419 e. The summed E-state index contributed by atoms with van der Waals surface area (Å²) in [6.45, 7) is 0.0920. The summed E-state index contributed by atoms with van der Waals surface area (Å²) in [4.78, 5) is 0. The van der Waals surface area contributed by atoms with Gasteiger partial charge in [-0.25, -0.2) is 0 Å². The van der Waals surface area contributed by atoms with E-state index in [4.69, 9.17) is 10.00 Å². The highest BCUT2D eigenvalue weighted by molar-refractivity contribution is 5.42. The summed E-state index contributed by atoms with van der Waals surface area (Å²) in [6, 6.07) is 6.71. The van der Waals surface area contributed by atoms with E-state index in [1.54, 1.807) is 18.2 Å². The van der Waals surface area contributed by atoms with Crippen molar-refractivity contribution in [2.75, 3.05) is 7.11 Å². The van der Waals surface area contributed by atoms with E-state index in [2.05, 4.69) is 5.10 Å². The Morgan fingerprint density at radius 1 is 1.40 bits per heavy atom. The van der Waals surface area contributed by atoms with Crippen LogP contribution >= 0.6 is 0 Å². The molecular formula is C13H10F3N3O. The summed E-state index contributed by atoms with van der Waals surface area (Å²) < 4.78 is 43.7. The molecule has 0 bridgehead atoms. The van der Waals surface area contributed by atoms with Crippen LogP contribution in [0.5, 0.6) is 5.75 Å². The minimum Gasteiger partial charge on any atom is -0.496 e. The lowest BCUT2D eigenvalue weighted by molar-refractivity contribution is -0.137. The molecule has 0 atom stereocenters. The zero-order valence-electron chi connectivity index (χ0n) is 10.5. The Hall–Kier alpha value is -2.49. The monoisotopic (exact) mass is 281 g/mol. The van der Waals surface area contributed by atoms with Crippen LogP contribution in [0, 0.1) is 11.3 Å². The fourth-order valence-electron chi connectivity index (χ4n) is 1.74. The van der Waals surface area contributed by atoms with Gasteiger partial charge in [0, 0.05) is 11.8 Å². The lowest BCUT2D eigenvalue weighted by atomic mass is 10.1. The van der Waals surface area contributed by atoms with Crippen molar-refractivity contribution in [3.8, 4) is 11.8 Å². The first-order chi connectivity index (χ1) is 9.44. The molecule has 0 fully saturated rings. The molecular weight excluding hydrogens is 271 g/mol. The lowest BCUT2D eigenvalue weighted by Gasteiger charge is -2.09. The first-order valence-corrected chi connectivity index (χ1v) is 5.60. The van der Waals surface area contributed by atoms with Crippen LogP contribution in [0.1, 0.15) is 16.7 Å². The Labute approximate surface area is 113 Å². The summed E-state index contributed by atoms with van der Waals surface area (Å²) in [5, 5.41) is 12.5. The third kappa shape index (κ3) is 2.91. The van der Waals surface area contributed by atoms with Crippen LogP contribution in [-0.4, -0.2) is 16.9 Å². The second kappa shape index (κ2) is 5.25. The molecule has 0 spiro atoms. The van der Waals surface area contributed by atoms with E-state index in [0.29, 0.717) is 16.9 Å². The van der Waals surface area contributed by atoms with Crippen LogP contribution in [0.3, 0.4) is 0 Å². The standard InChI is InChI=1S/C13H10F3N3O/c1-20-12-3-2-9(5-17)4-10(12)7-19-8-11(6-18-19)13(14,15)16/h2-4,6,8H,7H2,1H3. The van der Waals surface area contributed by atoms with E-state index >= 15 is 0 Å². The predicted molar refractivity (Wildman–Crippen MR) is 64.0 cm³/mol. The van der Waals surface area contributed by atoms with Crippen molar-refractivity contribution in [2.45, 2.75) is 12.7 Å². The highest BCUT2D eigenvalue weighted by atomic mass is 19.4. The van der Waals surface area contributed by atoms with Gasteiger partial charge in [-0.15, -0.1) is 0 Å². The lowest BCUT2D eigenvalue weighted by Crippen LogP contribution is -2.05. The molecule has 0 saturated heterocycles. The topological polar surface area (TPSA) is 50.8 Å². The van der Waals surface area contributed by atoms with Gasteiger partial charge in [-0.2, -0.15) is 23.5 Å². The molecule has 0 aliphatic rings. The molecule has 0 amide bonds. The number of methoxy groups -OCH3 is 1. The fraction of sp³-hybridized carbons (Fsp3) is 0.231. The van der Waals surface area contributed by atoms with Gasteiger partial charge in [0.1, 0.15) is 5.75 Å². The van der Waals surface area contributed by atoms with Crippen LogP contribution in [0.2, 0.25) is 0 Å². The van der Waals surface area contributed by atoms with Crippen LogP contribution in [-0.2, 0) is 12.7 Å². The maximum Gasteiger partial charge on any atom is 0.419 e. The summed E-state index contributed by atoms with van der Waals surface area (Å²) in [5.74, 6) is 0.494. The second-order valence-electron chi connectivity index (χ2n) is 4.06. The number of aromatic nitrogens is 2. The molecule has 20 heavy (non-hydrogen) atoms. The molecule has 1 aromatic carbocycles. The number of hydrogen-bond donors (Lipinski definition) is 0. The van der Waals surface area contributed by atoms with Crippen molar-refractivity contribution in [1.82, 2.24) is 9.78 Å². The number of ether oxygens (including phenoxy) is 1. The van der Waals surface area contributed by atoms with Crippen LogP contribution in [0.25, 0.3) is 0 Å². The molecule has 2 aromatic rings. The number of alkyl halides is 3. The molecule has 0 aliphatic carbocycles. The van der Waals surface area contributed by atoms with Crippen molar-refractivity contribution in [3.05, 3.63) is 47.3 Å². The quantitative estimate of drug-likeness (QED) is 0.869. The Morgan fingerprint density at radius 2 is 2.15 bits per heavy atom. The summed E-state index contributed by atoms with van der Waals surface area (Å²) >= 11 is 0. The molecule has 4 nitrogen and oxygen atoms in total. The zero-order chi connectivity index (χ0) is 14.8. The van der Waals surface area contributed by atoms with Gasteiger partial charge in [0.2, 0.25) is 0 Å². The number of rotatable bonds is 3. The van der Waals surface area contributed by atoms with Crippen molar-refractivity contribution in [1.29, 1.82) is 5.26 Å². The van der Waals surface area contributed by atoms with Gasteiger partial charge in [-0.05, 0) is 18.2 Å². The Balaban J connectivity index is 2.30. The molecule has 0 saturated carbocycles. The predicted octanol–water partition coefficient (Wildman–Crippen LogP) is 2.83. The van der Waals surface area contributed by atoms with Gasteiger partial charge in [0.15, 0.2) is 0 Å². The Kier molecular flexibility index (Phi) is 3.66. The van der Waals surface area contributed by atoms with Gasteiger partial charge < -0.3 is 4.74 Å². The first kappa shape index (κ1) is 13.9. The maximum atomic E-state index is 12.5. The summed E-state index contributed by atoms with van der Waals surface area (Å²) in [5.41, 5.74) is 0.181. The average Bonchev–Trinajstić information content (AvgIpc) is 2.87. The van der Waals surface area contributed by atoms with E-state index in [1.165, 1.54) is 7.11 Å². The minimum absolute atomic E-state index is 0.0920. The first-order valence-electron chi connectivity index (χ1n) is 5.60. The van der Waals surface area contributed by atoms with Gasteiger partial charge in [-0.3, -0.25) is 4.68 Å². The van der Waals surface area contributed by atoms with Gasteiger partial charge in [0.25, 0.3) is 0 Å². The summed E-state index contributed by atoms with van der Waals surface area (Å²) in [7, 11) is 1.45. The molecule has 2 rings (SSSR count). The van der Waals surface area contributed by atoms with Crippen molar-refractivity contribution < 1.29 is 17.9 Å². The number of halogens is 3. The van der Waals surface area contributed by atoms with E-state index in [1.807, 2.05) is 6.07 Å². The van der Waals surface area contributed by atoms with Crippen molar-refractivity contribution in [3.63, 3.8) is 0 Å². The third-order valence-corrected chi connectivity index (χ3v) is 2.70. The van der Waals surface area contributed by atoms with Gasteiger partial charge >= 0.3 is 6.18 Å². The van der Waals surface area contributed by atoms with E-state index in [9.17, 15) is 13.2 Å². The number of nitrogens with zero attached hydrogens (tertiary/aromatic N) is 3. The van der Waals surface area contributed by atoms with E-state index in [0.717, 1.165) is 17.1 Å². The molecule has 0 radical (unpaired) electrons. The Morgan fingerprint density at radius 3 is 2.70 bits per heavy atom. The molecule has 0 aliphatic heterocycles. The second-order valence-corrected chi connectivity index (χ2v) is 4.06. The van der Waals surface area contributed by atoms with Crippen LogP contribution in [0.15, 0.2) is 30.6 Å². The van der Waals surface area contributed by atoms with Crippen LogP contribution < -0.4 is 4.74 Å². The largest absolute Gasteiger partial charge is 0.496 e. The minimum atomic E-state index is -4.42. The van der Waals surface area contributed by atoms with Crippen LogP contribution in [0.4, 0.5) is 13.2 Å². The molecule has 1 aromatic heterocycles. The molecule has 0 unspecified atom stereocenters. The normalized spacial score (nSPS) is 11.2. The Bertz CT molecular complexity index is 656. The van der Waals surface area contributed by atoms with E-state index in [-0.39, 0.29) is 6.54 Å². The number of nitriles is 1. The highest BCUT2D eigenvalue weighted by Crippen LogP contribution is 2.29. The molecule has 1 heterocycles. The zero-order valence-corrected chi connectivity index (χ0v) is 10.5. The molecule has 7 heteroatoms. The number of benzene rings is 1. The maximum absolute atomic E-state index is 12.5. The van der Waals surface area contributed by atoms with Crippen molar-refractivity contribution in [2.24, 2.45) is 0 Å². The highest BCUT2D eigenvalue weighted by Gasteiger charge is 2.32. The fourth-order valence-corrected chi connectivity index (χ4v) is 1.74. The SMILES string of the molecule is COc1ccc(C#N)cc1Cn1cc(C(F)(F)F)cn1. The molecule has 104 valence electrons. The third-order valence-electron chi connectivity index (χ3n) is 2.70. The van der Waals surface area contributed by atoms with Gasteiger partial charge in [-0.1, -0.05) is 0 Å². The summed E-state index contributed by atoms with van der Waals surface area (Å²) in [6.07, 6.45) is -2.74. The molecule has 0 N–H and O–H groups in total. The average molecular weight is 281 g/mol. The van der Waals surface area contributed by atoms with Gasteiger partial charge in [0.05, 0.1) is 37.0 Å². The number of hydrogen-bond acceptors (Lipinski definition) is 3. The van der Waals surface area contributed by atoms with E-state index < -0.39 is 11.7 Å². The van der Waals surface area contributed by atoms with Crippen molar-refractivity contribution >= 4 is 0 Å².